The second-order valence-electron chi connectivity index (χ2n) is 11.0. The molecule has 2 aromatic carbocycles. The van der Waals surface area contributed by atoms with Gasteiger partial charge in [-0.1, -0.05) is 19.4 Å². The van der Waals surface area contributed by atoms with E-state index in [9.17, 15) is 22.8 Å². The molecule has 6 rings (SSSR count). The normalized spacial score (nSPS) is 20.2. The van der Waals surface area contributed by atoms with Gasteiger partial charge in [-0.25, -0.2) is 4.98 Å². The van der Waals surface area contributed by atoms with E-state index in [1.807, 2.05) is 17.9 Å². The first-order valence-electron chi connectivity index (χ1n) is 14.2. The first-order chi connectivity index (χ1) is 20.2. The lowest BCUT2D eigenvalue weighted by Gasteiger charge is -2.27. The molecule has 220 valence electrons. The van der Waals surface area contributed by atoms with Crippen molar-refractivity contribution >= 4 is 17.6 Å². The molecule has 0 aliphatic carbocycles. The average molecular weight is 581 g/mol. The number of nitrogens with one attached hydrogen (secondary N) is 2. The molecule has 2 atom stereocenters. The molecule has 1 aromatic heterocycles. The molecule has 8 nitrogen and oxygen atoms in total. The number of nitrogens with zero attached hydrogens (tertiary/aromatic N) is 2. The highest BCUT2D eigenvalue weighted by molar-refractivity contribution is 5.95. The Morgan fingerprint density at radius 3 is 2.71 bits per heavy atom. The monoisotopic (exact) mass is 580 g/mol. The Morgan fingerprint density at radius 1 is 1.12 bits per heavy atom. The van der Waals surface area contributed by atoms with E-state index < -0.39 is 23.9 Å². The van der Waals surface area contributed by atoms with Crippen LogP contribution < -0.4 is 20.1 Å². The minimum absolute atomic E-state index is 0.0740. The highest BCUT2D eigenvalue weighted by Gasteiger charge is 2.36. The van der Waals surface area contributed by atoms with E-state index in [1.165, 1.54) is 12.1 Å². The van der Waals surface area contributed by atoms with Gasteiger partial charge in [-0.15, -0.1) is 0 Å². The lowest BCUT2D eigenvalue weighted by atomic mass is 9.99. The fourth-order valence-corrected chi connectivity index (χ4v) is 5.78. The molecule has 11 heteroatoms. The topological polar surface area (TPSA) is 92.8 Å². The second-order valence-corrected chi connectivity index (χ2v) is 11.0. The van der Waals surface area contributed by atoms with Gasteiger partial charge in [-0.2, -0.15) is 13.2 Å². The minimum atomic E-state index is -4.58. The van der Waals surface area contributed by atoms with Gasteiger partial charge in [0.05, 0.1) is 5.56 Å². The largest absolute Gasteiger partial charge is 0.470 e. The van der Waals surface area contributed by atoms with Gasteiger partial charge in [0.2, 0.25) is 5.91 Å². The first kappa shape index (κ1) is 28.0. The van der Waals surface area contributed by atoms with Crippen LogP contribution in [-0.4, -0.2) is 41.0 Å². The van der Waals surface area contributed by atoms with Gasteiger partial charge in [0, 0.05) is 41.8 Å². The maximum atomic E-state index is 14.0. The lowest BCUT2D eigenvalue weighted by molar-refractivity contribution is -0.138. The van der Waals surface area contributed by atoms with Crippen molar-refractivity contribution in [3.8, 4) is 17.2 Å². The molecule has 0 unspecified atom stereocenters. The zero-order chi connectivity index (χ0) is 29.4. The molecule has 1 saturated heterocycles. The molecule has 3 aliphatic heterocycles. The summed E-state index contributed by atoms with van der Waals surface area (Å²) in [5.74, 6) is 1.14. The van der Waals surface area contributed by atoms with Crippen molar-refractivity contribution in [1.29, 1.82) is 0 Å². The number of carbonyl (C=O) groups is 2. The quantitative estimate of drug-likeness (QED) is 0.371. The lowest BCUT2D eigenvalue weighted by Crippen LogP contribution is -2.39. The van der Waals surface area contributed by atoms with Crippen LogP contribution in [0, 0.1) is 0 Å². The number of anilines is 1. The number of benzene rings is 2. The van der Waals surface area contributed by atoms with Gasteiger partial charge >= 0.3 is 6.18 Å². The van der Waals surface area contributed by atoms with Gasteiger partial charge in [0.1, 0.15) is 23.1 Å². The van der Waals surface area contributed by atoms with Gasteiger partial charge < -0.3 is 20.1 Å². The predicted molar refractivity (Wildman–Crippen MR) is 149 cm³/mol. The summed E-state index contributed by atoms with van der Waals surface area (Å²) < 4.78 is 54.1. The molecular weight excluding hydrogens is 549 g/mol. The number of hydrogen-bond donors (Lipinski definition) is 2. The second kappa shape index (κ2) is 11.3. The molecule has 0 radical (unpaired) electrons. The molecule has 1 fully saturated rings. The number of hydrogen-bond acceptors (Lipinski definition) is 6. The van der Waals surface area contributed by atoms with Crippen LogP contribution in [0.3, 0.4) is 0 Å². The van der Waals surface area contributed by atoms with Crippen molar-refractivity contribution in [2.24, 2.45) is 0 Å². The van der Waals surface area contributed by atoms with E-state index in [0.29, 0.717) is 35.9 Å². The Hall–Kier alpha value is -4.12. The number of pyridine rings is 1. The van der Waals surface area contributed by atoms with Crippen molar-refractivity contribution < 1.29 is 32.2 Å². The smallest absolute Gasteiger partial charge is 0.416 e. The summed E-state index contributed by atoms with van der Waals surface area (Å²) in [7, 11) is 0. The van der Waals surface area contributed by atoms with Crippen molar-refractivity contribution in [2.75, 3.05) is 18.4 Å². The number of aromatic nitrogens is 1. The van der Waals surface area contributed by atoms with Crippen molar-refractivity contribution in [3.63, 3.8) is 0 Å². The Labute approximate surface area is 241 Å². The Bertz CT molecular complexity index is 1520. The molecule has 3 aromatic rings. The summed E-state index contributed by atoms with van der Waals surface area (Å²) >= 11 is 0. The third kappa shape index (κ3) is 5.78. The average Bonchev–Trinajstić information content (AvgIpc) is 3.27. The molecule has 2 amide bonds. The van der Waals surface area contributed by atoms with E-state index in [2.05, 4.69) is 15.6 Å². The molecule has 3 aliphatic rings. The van der Waals surface area contributed by atoms with Crippen LogP contribution in [0.4, 0.5) is 19.0 Å². The molecule has 0 saturated carbocycles. The minimum Gasteiger partial charge on any atom is -0.470 e. The molecular formula is C31H31F3N4O4. The Balaban J connectivity index is 1.16. The number of amides is 2. The van der Waals surface area contributed by atoms with Crippen LogP contribution in [0.25, 0.3) is 0 Å². The van der Waals surface area contributed by atoms with E-state index in [0.717, 1.165) is 49.5 Å². The van der Waals surface area contributed by atoms with Crippen molar-refractivity contribution in [2.45, 2.75) is 63.9 Å². The summed E-state index contributed by atoms with van der Waals surface area (Å²) in [4.78, 5) is 31.1. The molecule has 4 heterocycles. The molecule has 0 spiro atoms. The summed E-state index contributed by atoms with van der Waals surface area (Å²) in [6.07, 6.45) is 0.115. The third-order valence-electron chi connectivity index (χ3n) is 8.07. The number of piperidine rings is 1. The van der Waals surface area contributed by atoms with Crippen LogP contribution in [0.1, 0.15) is 71.1 Å². The van der Waals surface area contributed by atoms with E-state index in [-0.39, 0.29) is 29.5 Å². The van der Waals surface area contributed by atoms with Gasteiger partial charge in [0.15, 0.2) is 6.23 Å². The van der Waals surface area contributed by atoms with Crippen LogP contribution in [0.5, 0.6) is 17.2 Å². The zero-order valence-electron chi connectivity index (χ0n) is 23.1. The standard InChI is InChI=1S/C31H31F3N4O4/c1-18-23-16-21(41-26-11-12-35-28-22(26)8-10-27(39)36-28)7-9-25(23)42-30(18)37-29(40)19-5-6-20(24(15-19)31(32,33)34)17-38-13-3-2-4-14-38/h5-7,9,11-12,15-16,18,30H,2-4,8,10,13-14,17H2,1H3,(H,37,40)(H,35,36,39)/t18-,30+/m0/s1. The predicted octanol–water partition coefficient (Wildman–Crippen LogP) is 6.02. The van der Waals surface area contributed by atoms with Crippen molar-refractivity contribution in [1.82, 2.24) is 15.2 Å². The Kier molecular flexibility index (Phi) is 7.53. The van der Waals surface area contributed by atoms with Crippen LogP contribution >= 0.6 is 0 Å². The Morgan fingerprint density at radius 2 is 1.93 bits per heavy atom. The fourth-order valence-electron chi connectivity index (χ4n) is 5.78. The summed E-state index contributed by atoms with van der Waals surface area (Å²) in [5, 5.41) is 5.51. The highest BCUT2D eigenvalue weighted by atomic mass is 19.4. The van der Waals surface area contributed by atoms with Gasteiger partial charge in [-0.3, -0.25) is 14.5 Å². The van der Waals surface area contributed by atoms with E-state index in [4.69, 9.17) is 9.47 Å². The number of halogens is 3. The highest BCUT2D eigenvalue weighted by Crippen LogP contribution is 2.41. The maximum Gasteiger partial charge on any atom is 0.416 e. The third-order valence-corrected chi connectivity index (χ3v) is 8.07. The first-order valence-corrected chi connectivity index (χ1v) is 14.2. The van der Waals surface area contributed by atoms with E-state index >= 15 is 0 Å². The number of rotatable bonds is 6. The van der Waals surface area contributed by atoms with Crippen LogP contribution in [-0.2, 0) is 23.9 Å². The number of fused-ring (bicyclic) bond motifs is 2. The van der Waals surface area contributed by atoms with E-state index in [1.54, 1.807) is 24.4 Å². The number of ether oxygens (including phenoxy) is 2. The molecule has 42 heavy (non-hydrogen) atoms. The molecule has 2 N–H and O–H groups in total. The number of alkyl halides is 3. The van der Waals surface area contributed by atoms with Gasteiger partial charge in [0.25, 0.3) is 5.91 Å². The number of likely N-dealkylation sites (tertiary alicyclic amines) is 1. The van der Waals surface area contributed by atoms with Crippen LogP contribution in [0.15, 0.2) is 48.7 Å². The molecule has 0 bridgehead atoms. The zero-order valence-corrected chi connectivity index (χ0v) is 23.1. The number of carbonyl (C=O) groups excluding carboxylic acids is 2. The summed E-state index contributed by atoms with van der Waals surface area (Å²) in [6.45, 7) is 3.61. The van der Waals surface area contributed by atoms with Gasteiger partial charge in [-0.05, 0) is 74.3 Å². The maximum absolute atomic E-state index is 14.0. The van der Waals surface area contributed by atoms with Crippen molar-refractivity contribution in [3.05, 3.63) is 76.5 Å². The van der Waals surface area contributed by atoms with Crippen LogP contribution in [0.2, 0.25) is 0 Å². The summed E-state index contributed by atoms with van der Waals surface area (Å²) in [6, 6.07) is 10.8. The summed E-state index contributed by atoms with van der Waals surface area (Å²) in [5.41, 5.74) is 0.914. The SMILES string of the molecule is C[C@H]1c2cc(Oc3ccnc4c3CCC(=O)N4)ccc2O[C@H]1NC(=O)c1ccc(CN2CCCCC2)c(C(F)(F)F)c1. The fraction of sp³-hybridized carbons (Fsp3) is 0.387.